The Morgan fingerprint density at radius 3 is 1.68 bits per heavy atom. The Bertz CT molecular complexity index is 2780. The minimum Gasteiger partial charge on any atom is -0.316 e. The van der Waals surface area contributed by atoms with Crippen LogP contribution in [-0.4, -0.2) is 13.7 Å². The summed E-state index contributed by atoms with van der Waals surface area (Å²) in [6.07, 6.45) is 2.19. The van der Waals surface area contributed by atoms with Crippen LogP contribution in [0.2, 0.25) is 0 Å². The molecule has 10 aromatic rings. The van der Waals surface area contributed by atoms with Crippen LogP contribution in [0.5, 0.6) is 0 Å². The summed E-state index contributed by atoms with van der Waals surface area (Å²) >= 11 is 0. The smallest absolute Gasteiger partial charge is 0.0635 e. The Morgan fingerprint density at radius 1 is 0.298 bits per heavy atom. The lowest BCUT2D eigenvalue weighted by molar-refractivity contribution is 1.13. The van der Waals surface area contributed by atoms with Crippen LogP contribution in [0.25, 0.3) is 82.7 Å². The van der Waals surface area contributed by atoms with Crippen LogP contribution in [-0.2, 0) is 0 Å². The number of fused-ring (bicyclic) bond motifs is 8. The van der Waals surface area contributed by atoms with Crippen LogP contribution in [0, 0.1) is 0 Å². The van der Waals surface area contributed by atoms with Gasteiger partial charge in [0.25, 0.3) is 0 Å². The fourth-order valence-corrected chi connectivity index (χ4v) is 7.59. The third-order valence-electron chi connectivity index (χ3n) is 9.66. The van der Waals surface area contributed by atoms with Gasteiger partial charge in [-0.2, -0.15) is 0 Å². The third kappa shape index (κ3) is 3.87. The summed E-state index contributed by atoms with van der Waals surface area (Å²) < 4.78 is 7.17. The second-order valence-corrected chi connectivity index (χ2v) is 12.2. The van der Waals surface area contributed by atoms with E-state index in [4.69, 9.17) is 0 Å². The maximum Gasteiger partial charge on any atom is 0.0635 e. The second kappa shape index (κ2) is 10.1. The largest absolute Gasteiger partial charge is 0.316 e. The average molecular weight is 600 g/mol. The van der Waals surface area contributed by atoms with Crippen molar-refractivity contribution in [1.29, 1.82) is 0 Å². The van der Waals surface area contributed by atoms with Gasteiger partial charge in [0, 0.05) is 50.2 Å². The maximum absolute atomic E-state index is 2.45. The van der Waals surface area contributed by atoms with E-state index in [1.165, 1.54) is 65.6 Å². The molecule has 3 heterocycles. The molecule has 0 bridgehead atoms. The lowest BCUT2D eigenvalue weighted by atomic mass is 10.0. The molecule has 0 aliphatic rings. The van der Waals surface area contributed by atoms with Crippen LogP contribution < -0.4 is 0 Å². The van der Waals surface area contributed by atoms with Gasteiger partial charge < -0.3 is 13.7 Å². The predicted molar refractivity (Wildman–Crippen MR) is 197 cm³/mol. The van der Waals surface area contributed by atoms with Gasteiger partial charge in [0.15, 0.2) is 0 Å². The van der Waals surface area contributed by atoms with E-state index in [0.717, 1.165) is 17.1 Å². The highest BCUT2D eigenvalue weighted by Gasteiger charge is 2.18. The van der Waals surface area contributed by atoms with Gasteiger partial charge in [0.1, 0.15) is 0 Å². The number of hydrogen-bond donors (Lipinski definition) is 0. The first-order valence-corrected chi connectivity index (χ1v) is 16.1. The van der Waals surface area contributed by atoms with Gasteiger partial charge in [-0.1, -0.05) is 109 Å². The Hall–Kier alpha value is -6.32. The zero-order chi connectivity index (χ0) is 30.9. The van der Waals surface area contributed by atoms with E-state index in [9.17, 15) is 0 Å². The first-order valence-electron chi connectivity index (χ1n) is 16.1. The number of benzene rings is 7. The van der Waals surface area contributed by atoms with Crippen molar-refractivity contribution in [3.63, 3.8) is 0 Å². The van der Waals surface area contributed by atoms with Gasteiger partial charge in [-0.25, -0.2) is 0 Å². The third-order valence-corrected chi connectivity index (χ3v) is 9.66. The molecule has 10 rings (SSSR count). The van der Waals surface area contributed by atoms with E-state index in [-0.39, 0.29) is 0 Å². The first-order chi connectivity index (χ1) is 23.3. The summed E-state index contributed by atoms with van der Waals surface area (Å²) in [5.74, 6) is 0. The van der Waals surface area contributed by atoms with Gasteiger partial charge in [0.05, 0.1) is 27.6 Å². The zero-order valence-electron chi connectivity index (χ0n) is 25.6. The molecule has 0 N–H and O–H groups in total. The lowest BCUT2D eigenvalue weighted by Gasteiger charge is -2.14. The highest BCUT2D eigenvalue weighted by Crippen LogP contribution is 2.39. The molecule has 0 saturated carbocycles. The number of nitrogens with zero attached hydrogens (tertiary/aromatic N) is 3. The standard InChI is InChI=1S/C44H29N3/c1-3-12-30(13-4-1)31-22-23-37-35-18-7-9-20-41(35)46(43(37)28-31)33-16-11-17-34(29-33)47-42-21-10-8-19-36(42)38-24-25-40-39(44(38)47)26-27-45(40)32-14-5-2-6-15-32/h1-29H. The molecule has 0 fully saturated rings. The summed E-state index contributed by atoms with van der Waals surface area (Å²) in [5.41, 5.74) is 11.9. The zero-order valence-corrected chi connectivity index (χ0v) is 25.6. The quantitative estimate of drug-likeness (QED) is 0.191. The average Bonchev–Trinajstić information content (AvgIpc) is 3.82. The van der Waals surface area contributed by atoms with Crippen LogP contribution >= 0.6 is 0 Å². The van der Waals surface area contributed by atoms with Crippen molar-refractivity contribution in [3.8, 4) is 28.2 Å². The molecule has 3 heteroatoms. The molecule has 0 amide bonds. The number of aromatic nitrogens is 3. The molecule has 0 spiro atoms. The van der Waals surface area contributed by atoms with Crippen LogP contribution in [0.4, 0.5) is 0 Å². The molecule has 0 aliphatic carbocycles. The molecule has 0 aliphatic heterocycles. The summed E-state index contributed by atoms with van der Waals surface area (Å²) in [7, 11) is 0. The molecule has 3 nitrogen and oxygen atoms in total. The monoisotopic (exact) mass is 599 g/mol. The van der Waals surface area contributed by atoms with Crippen molar-refractivity contribution >= 4 is 54.5 Å². The number of para-hydroxylation sites is 3. The SMILES string of the molecule is c1ccc(-c2ccc3c4ccccc4n(-c4cccc(-n5c6ccccc6c6ccc7c(ccn7-c7ccccc7)c65)c4)c3c2)cc1. The summed E-state index contributed by atoms with van der Waals surface area (Å²) in [6, 6.07) is 61.5. The molecular weight excluding hydrogens is 571 g/mol. The molecule has 0 atom stereocenters. The highest BCUT2D eigenvalue weighted by molar-refractivity contribution is 6.18. The second-order valence-electron chi connectivity index (χ2n) is 12.2. The fraction of sp³-hybridized carbons (Fsp3) is 0. The Balaban J connectivity index is 1.25. The van der Waals surface area contributed by atoms with Gasteiger partial charge in [0.2, 0.25) is 0 Å². The lowest BCUT2D eigenvalue weighted by Crippen LogP contribution is -1.99. The van der Waals surface area contributed by atoms with Crippen molar-refractivity contribution in [2.45, 2.75) is 0 Å². The number of rotatable bonds is 4. The van der Waals surface area contributed by atoms with Crippen molar-refractivity contribution in [2.24, 2.45) is 0 Å². The van der Waals surface area contributed by atoms with E-state index in [0.29, 0.717) is 0 Å². The molecular formula is C44H29N3. The van der Waals surface area contributed by atoms with Crippen LogP contribution in [0.1, 0.15) is 0 Å². The Kier molecular flexibility index (Phi) is 5.57. The first kappa shape index (κ1) is 26.0. The van der Waals surface area contributed by atoms with E-state index < -0.39 is 0 Å². The molecule has 7 aromatic carbocycles. The van der Waals surface area contributed by atoms with E-state index in [1.807, 2.05) is 0 Å². The van der Waals surface area contributed by atoms with Crippen LogP contribution in [0.15, 0.2) is 176 Å². The number of hydrogen-bond acceptors (Lipinski definition) is 0. The maximum atomic E-state index is 2.45. The molecule has 0 unspecified atom stereocenters. The van der Waals surface area contributed by atoms with E-state index in [2.05, 4.69) is 190 Å². The van der Waals surface area contributed by atoms with Crippen molar-refractivity contribution < 1.29 is 0 Å². The normalized spacial score (nSPS) is 11.8. The summed E-state index contributed by atoms with van der Waals surface area (Å²) in [4.78, 5) is 0. The Morgan fingerprint density at radius 2 is 0.894 bits per heavy atom. The van der Waals surface area contributed by atoms with Crippen LogP contribution in [0.3, 0.4) is 0 Å². The van der Waals surface area contributed by atoms with Crippen molar-refractivity contribution in [3.05, 3.63) is 176 Å². The van der Waals surface area contributed by atoms with E-state index >= 15 is 0 Å². The van der Waals surface area contributed by atoms with E-state index in [1.54, 1.807) is 0 Å². The molecule has 3 aromatic heterocycles. The van der Waals surface area contributed by atoms with Gasteiger partial charge in [-0.05, 0) is 71.8 Å². The Labute approximate surface area is 271 Å². The molecule has 0 radical (unpaired) electrons. The minimum atomic E-state index is 1.14. The summed E-state index contributed by atoms with van der Waals surface area (Å²) in [5, 5.41) is 6.26. The summed E-state index contributed by atoms with van der Waals surface area (Å²) in [6.45, 7) is 0. The van der Waals surface area contributed by atoms with Crippen molar-refractivity contribution in [1.82, 2.24) is 13.7 Å². The molecule has 220 valence electrons. The predicted octanol–water partition coefficient (Wildman–Crippen LogP) is 11.5. The minimum absolute atomic E-state index is 1.14. The topological polar surface area (TPSA) is 14.8 Å². The highest BCUT2D eigenvalue weighted by atomic mass is 15.0. The van der Waals surface area contributed by atoms with Gasteiger partial charge in [-0.3, -0.25) is 0 Å². The van der Waals surface area contributed by atoms with Gasteiger partial charge in [-0.15, -0.1) is 0 Å². The van der Waals surface area contributed by atoms with Gasteiger partial charge >= 0.3 is 0 Å². The van der Waals surface area contributed by atoms with Crippen molar-refractivity contribution in [2.75, 3.05) is 0 Å². The molecule has 0 saturated heterocycles. The molecule has 47 heavy (non-hydrogen) atoms. The fourth-order valence-electron chi connectivity index (χ4n) is 7.59.